The molecule has 0 spiro atoms. The molecule has 0 saturated carbocycles. The SMILES string of the molecule is Nc1ncc2c(n1)n([C@@H]1O[C@H](CO)[C@@H](F)[C@H]1O)c(=O)n2Cc1ccn[nH]1. The van der Waals surface area contributed by atoms with Crippen LogP contribution in [0, 0.1) is 0 Å². The van der Waals surface area contributed by atoms with Crippen molar-refractivity contribution in [2.24, 2.45) is 0 Å². The third kappa shape index (κ3) is 2.46. The van der Waals surface area contributed by atoms with Crippen LogP contribution in [0.25, 0.3) is 11.2 Å². The average Bonchev–Trinajstić information content (AvgIpc) is 3.30. The second-order valence-electron chi connectivity index (χ2n) is 5.94. The van der Waals surface area contributed by atoms with Gasteiger partial charge in [0.15, 0.2) is 18.0 Å². The number of rotatable bonds is 4. The van der Waals surface area contributed by atoms with Crippen molar-refractivity contribution >= 4 is 17.1 Å². The summed E-state index contributed by atoms with van der Waals surface area (Å²) in [5.41, 5.74) is 6.10. The van der Waals surface area contributed by atoms with Crippen molar-refractivity contribution in [1.29, 1.82) is 0 Å². The Bertz CT molecular complexity index is 985. The van der Waals surface area contributed by atoms with Crippen molar-refractivity contribution in [3.8, 4) is 0 Å². The Morgan fingerprint density at radius 1 is 1.46 bits per heavy atom. The highest BCUT2D eigenvalue weighted by molar-refractivity contribution is 5.72. The molecule has 1 aliphatic rings. The zero-order chi connectivity index (χ0) is 18.4. The van der Waals surface area contributed by atoms with Crippen molar-refractivity contribution in [2.45, 2.75) is 31.2 Å². The van der Waals surface area contributed by atoms with Gasteiger partial charge in [-0.25, -0.2) is 18.7 Å². The van der Waals surface area contributed by atoms with Gasteiger partial charge in [-0.05, 0) is 6.07 Å². The first kappa shape index (κ1) is 16.6. The number of H-pyrrole nitrogens is 1. The number of aromatic nitrogens is 6. The number of nitrogen functional groups attached to an aromatic ring is 1. The van der Waals surface area contributed by atoms with E-state index in [9.17, 15) is 19.4 Å². The van der Waals surface area contributed by atoms with E-state index in [1.54, 1.807) is 6.07 Å². The number of nitrogens with one attached hydrogen (secondary N) is 1. The zero-order valence-corrected chi connectivity index (χ0v) is 13.4. The molecule has 1 fully saturated rings. The summed E-state index contributed by atoms with van der Waals surface area (Å²) in [5.74, 6) is -0.0899. The topological polar surface area (TPSA) is 157 Å². The van der Waals surface area contributed by atoms with E-state index in [1.165, 1.54) is 17.0 Å². The Morgan fingerprint density at radius 3 is 2.92 bits per heavy atom. The maximum Gasteiger partial charge on any atom is 0.332 e. The molecule has 138 valence electrons. The van der Waals surface area contributed by atoms with Gasteiger partial charge < -0.3 is 20.7 Å². The Hall–Kier alpha value is -2.83. The van der Waals surface area contributed by atoms with E-state index in [2.05, 4.69) is 20.2 Å². The second-order valence-corrected chi connectivity index (χ2v) is 5.94. The van der Waals surface area contributed by atoms with E-state index in [-0.39, 0.29) is 18.1 Å². The number of aromatic amines is 1. The van der Waals surface area contributed by atoms with Crippen molar-refractivity contribution < 1.29 is 19.3 Å². The second kappa shape index (κ2) is 6.16. The lowest BCUT2D eigenvalue weighted by atomic mass is 10.1. The Kier molecular flexibility index (Phi) is 3.94. The number of imidazole rings is 1. The summed E-state index contributed by atoms with van der Waals surface area (Å²) in [7, 11) is 0. The molecule has 4 atom stereocenters. The fourth-order valence-corrected chi connectivity index (χ4v) is 3.07. The van der Waals surface area contributed by atoms with Crippen LogP contribution in [-0.4, -0.2) is 64.5 Å². The van der Waals surface area contributed by atoms with Gasteiger partial charge in [0, 0.05) is 6.20 Å². The van der Waals surface area contributed by atoms with Crippen LogP contribution in [0.15, 0.2) is 23.3 Å². The smallest absolute Gasteiger partial charge is 0.332 e. The van der Waals surface area contributed by atoms with Gasteiger partial charge in [0.2, 0.25) is 5.95 Å². The third-order valence-electron chi connectivity index (χ3n) is 4.33. The number of nitrogens with zero attached hydrogens (tertiary/aromatic N) is 5. The van der Waals surface area contributed by atoms with E-state index in [1.807, 2.05) is 0 Å². The first-order chi connectivity index (χ1) is 12.5. The number of anilines is 1. The molecule has 12 heteroatoms. The van der Waals surface area contributed by atoms with Gasteiger partial charge in [-0.1, -0.05) is 0 Å². The molecule has 4 heterocycles. The first-order valence-electron chi connectivity index (χ1n) is 7.81. The molecule has 5 N–H and O–H groups in total. The quantitative estimate of drug-likeness (QED) is 0.437. The lowest BCUT2D eigenvalue weighted by Crippen LogP contribution is -2.34. The summed E-state index contributed by atoms with van der Waals surface area (Å²) in [5, 5.41) is 25.9. The summed E-state index contributed by atoms with van der Waals surface area (Å²) in [6, 6.07) is 1.69. The van der Waals surface area contributed by atoms with E-state index in [0.717, 1.165) is 4.57 Å². The highest BCUT2D eigenvalue weighted by Crippen LogP contribution is 2.32. The van der Waals surface area contributed by atoms with Gasteiger partial charge in [0.1, 0.15) is 17.7 Å². The number of aliphatic hydroxyl groups excluding tert-OH is 2. The van der Waals surface area contributed by atoms with Crippen LogP contribution in [0.3, 0.4) is 0 Å². The van der Waals surface area contributed by atoms with Crippen LogP contribution in [0.5, 0.6) is 0 Å². The van der Waals surface area contributed by atoms with Crippen LogP contribution in [0.4, 0.5) is 10.3 Å². The minimum absolute atomic E-state index is 0.0899. The van der Waals surface area contributed by atoms with Gasteiger partial charge in [-0.3, -0.25) is 9.67 Å². The average molecular weight is 365 g/mol. The van der Waals surface area contributed by atoms with Crippen molar-refractivity contribution in [3.05, 3.63) is 34.6 Å². The van der Waals surface area contributed by atoms with Crippen LogP contribution in [-0.2, 0) is 11.3 Å². The van der Waals surface area contributed by atoms with Gasteiger partial charge in [-0.15, -0.1) is 0 Å². The molecular weight excluding hydrogens is 349 g/mol. The lowest BCUT2D eigenvalue weighted by molar-refractivity contribution is -0.0513. The summed E-state index contributed by atoms with van der Waals surface area (Å²) >= 11 is 0. The molecule has 0 unspecified atom stereocenters. The summed E-state index contributed by atoms with van der Waals surface area (Å²) in [6.45, 7) is -0.506. The molecule has 0 aliphatic carbocycles. The molecule has 3 aromatic heterocycles. The van der Waals surface area contributed by atoms with Gasteiger partial charge >= 0.3 is 5.69 Å². The predicted molar refractivity (Wildman–Crippen MR) is 85.8 cm³/mol. The van der Waals surface area contributed by atoms with Crippen molar-refractivity contribution in [3.63, 3.8) is 0 Å². The number of aliphatic hydroxyl groups is 2. The third-order valence-corrected chi connectivity index (χ3v) is 4.33. The molecule has 0 aromatic carbocycles. The number of hydrogen-bond donors (Lipinski definition) is 4. The molecule has 26 heavy (non-hydrogen) atoms. The van der Waals surface area contributed by atoms with E-state index >= 15 is 0 Å². The highest BCUT2D eigenvalue weighted by atomic mass is 19.1. The summed E-state index contributed by atoms with van der Waals surface area (Å²) in [4.78, 5) is 20.9. The minimum atomic E-state index is -1.85. The fourth-order valence-electron chi connectivity index (χ4n) is 3.07. The standard InChI is InChI=1S/C14H16FN7O4/c15-9-8(5-23)26-12(10(9)24)22-11-7(3-17-13(16)19-11)21(14(22)25)4-6-1-2-18-20-6/h1-3,8-10,12,23-24H,4-5H2,(H,18,20)(H2,16,17,19)/t8-,9-,10-,12-/m1/s1. The number of hydrogen-bond acceptors (Lipinski definition) is 8. The maximum absolute atomic E-state index is 14.1. The molecule has 1 aliphatic heterocycles. The van der Waals surface area contributed by atoms with E-state index < -0.39 is 36.9 Å². The molecular formula is C14H16FN7O4. The number of ether oxygens (including phenoxy) is 1. The van der Waals surface area contributed by atoms with Crippen LogP contribution >= 0.6 is 0 Å². The van der Waals surface area contributed by atoms with Crippen LogP contribution in [0.1, 0.15) is 11.9 Å². The van der Waals surface area contributed by atoms with Gasteiger partial charge in [0.25, 0.3) is 0 Å². The number of alkyl halides is 1. The molecule has 3 aromatic rings. The largest absolute Gasteiger partial charge is 0.394 e. The van der Waals surface area contributed by atoms with E-state index in [0.29, 0.717) is 11.2 Å². The maximum atomic E-state index is 14.1. The molecule has 0 bridgehead atoms. The van der Waals surface area contributed by atoms with Crippen molar-refractivity contribution in [2.75, 3.05) is 12.3 Å². The Labute approximate surface area is 144 Å². The van der Waals surface area contributed by atoms with Crippen LogP contribution in [0.2, 0.25) is 0 Å². The van der Waals surface area contributed by atoms with Gasteiger partial charge in [-0.2, -0.15) is 10.1 Å². The number of halogens is 1. The van der Waals surface area contributed by atoms with E-state index in [4.69, 9.17) is 10.5 Å². The Balaban J connectivity index is 1.88. The predicted octanol–water partition coefficient (Wildman–Crippen LogP) is -1.46. The normalized spacial score (nSPS) is 26.0. The molecule has 11 nitrogen and oxygen atoms in total. The lowest BCUT2D eigenvalue weighted by Gasteiger charge is -2.15. The zero-order valence-electron chi connectivity index (χ0n) is 13.4. The van der Waals surface area contributed by atoms with Gasteiger partial charge in [0.05, 0.1) is 25.0 Å². The Morgan fingerprint density at radius 2 is 2.27 bits per heavy atom. The highest BCUT2D eigenvalue weighted by Gasteiger charge is 2.46. The monoisotopic (exact) mass is 365 g/mol. The first-order valence-corrected chi connectivity index (χ1v) is 7.81. The number of fused-ring (bicyclic) bond motifs is 1. The summed E-state index contributed by atoms with van der Waals surface area (Å²) in [6.07, 6.45) is -3.18. The number of nitrogens with two attached hydrogens (primary N) is 1. The fraction of sp³-hybridized carbons (Fsp3) is 0.429. The molecule has 0 radical (unpaired) electrons. The minimum Gasteiger partial charge on any atom is -0.394 e. The van der Waals surface area contributed by atoms with Crippen molar-refractivity contribution in [1.82, 2.24) is 29.3 Å². The molecule has 1 saturated heterocycles. The molecule has 4 rings (SSSR count). The summed E-state index contributed by atoms with van der Waals surface area (Å²) < 4.78 is 21.8. The van der Waals surface area contributed by atoms with Crippen LogP contribution < -0.4 is 11.4 Å². The molecule has 0 amide bonds.